The topological polar surface area (TPSA) is 32.6 Å². The first-order chi connectivity index (χ1) is 7.72. The van der Waals surface area contributed by atoms with Gasteiger partial charge in [-0.2, -0.15) is 0 Å². The largest absolute Gasteiger partial charge is 0.411 e. The van der Waals surface area contributed by atoms with Crippen LogP contribution in [-0.4, -0.2) is 10.9 Å². The van der Waals surface area contributed by atoms with E-state index in [0.29, 0.717) is 5.92 Å². The molecule has 84 valence electrons. The molecule has 1 aromatic carbocycles. The standard InChI is InChI=1S/C14H17NO/c1-8-7-9(2)13-12(15-16)6-4-10-3-5-11(8)14(10)13/h7,10,16H,3-6H2,1-2H3. The number of oxime groups is 1. The normalized spacial score (nSPS) is 24.9. The SMILES string of the molecule is Cc1cc(C)c2c3c1CCC3CCC2=NO. The van der Waals surface area contributed by atoms with E-state index >= 15 is 0 Å². The van der Waals surface area contributed by atoms with Gasteiger partial charge in [0.15, 0.2) is 0 Å². The molecule has 0 aliphatic heterocycles. The first kappa shape index (κ1) is 9.88. The highest BCUT2D eigenvalue weighted by molar-refractivity contribution is 6.04. The average molecular weight is 215 g/mol. The Morgan fingerprint density at radius 3 is 2.69 bits per heavy atom. The summed E-state index contributed by atoms with van der Waals surface area (Å²) in [7, 11) is 0. The minimum absolute atomic E-state index is 0.717. The van der Waals surface area contributed by atoms with Crippen LogP contribution in [0, 0.1) is 13.8 Å². The lowest BCUT2D eigenvalue weighted by Crippen LogP contribution is -2.17. The molecule has 16 heavy (non-hydrogen) atoms. The van der Waals surface area contributed by atoms with Gasteiger partial charge in [0.25, 0.3) is 0 Å². The molecule has 2 heteroatoms. The maximum Gasteiger partial charge on any atom is 0.0873 e. The Balaban J connectivity index is 2.34. The van der Waals surface area contributed by atoms with Gasteiger partial charge < -0.3 is 5.21 Å². The van der Waals surface area contributed by atoms with Crippen LogP contribution in [0.25, 0.3) is 0 Å². The molecule has 2 aliphatic carbocycles. The van der Waals surface area contributed by atoms with E-state index in [1.165, 1.54) is 40.7 Å². The minimum Gasteiger partial charge on any atom is -0.411 e. The Morgan fingerprint density at radius 2 is 1.94 bits per heavy atom. The second kappa shape index (κ2) is 3.34. The summed E-state index contributed by atoms with van der Waals surface area (Å²) in [5, 5.41) is 12.6. The highest BCUT2D eigenvalue weighted by Gasteiger charge is 2.33. The van der Waals surface area contributed by atoms with E-state index in [2.05, 4.69) is 25.1 Å². The summed E-state index contributed by atoms with van der Waals surface area (Å²) < 4.78 is 0. The summed E-state index contributed by atoms with van der Waals surface area (Å²) in [6.45, 7) is 4.34. The molecule has 0 spiro atoms. The van der Waals surface area contributed by atoms with Crippen LogP contribution in [0.2, 0.25) is 0 Å². The first-order valence-corrected chi connectivity index (χ1v) is 6.06. The molecule has 1 atom stereocenters. The van der Waals surface area contributed by atoms with E-state index in [0.717, 1.165) is 18.6 Å². The molecule has 0 amide bonds. The summed E-state index contributed by atoms with van der Waals surface area (Å²) in [6, 6.07) is 2.24. The van der Waals surface area contributed by atoms with Crippen LogP contribution in [0.4, 0.5) is 0 Å². The van der Waals surface area contributed by atoms with Gasteiger partial charge in [0, 0.05) is 5.56 Å². The highest BCUT2D eigenvalue weighted by Crippen LogP contribution is 2.45. The van der Waals surface area contributed by atoms with Crippen molar-refractivity contribution < 1.29 is 5.21 Å². The zero-order valence-electron chi connectivity index (χ0n) is 9.88. The summed E-state index contributed by atoms with van der Waals surface area (Å²) in [4.78, 5) is 0. The zero-order valence-corrected chi connectivity index (χ0v) is 9.88. The van der Waals surface area contributed by atoms with Gasteiger partial charge >= 0.3 is 0 Å². The summed E-state index contributed by atoms with van der Waals surface area (Å²) in [5.74, 6) is 0.717. The molecule has 1 N–H and O–H groups in total. The molecular formula is C14H17NO. The Kier molecular flexibility index (Phi) is 2.06. The smallest absolute Gasteiger partial charge is 0.0873 e. The third-order valence-electron chi connectivity index (χ3n) is 4.19. The van der Waals surface area contributed by atoms with Crippen LogP contribution >= 0.6 is 0 Å². The minimum atomic E-state index is 0.717. The van der Waals surface area contributed by atoms with Crippen LogP contribution in [0.15, 0.2) is 11.2 Å². The molecule has 2 nitrogen and oxygen atoms in total. The number of aryl methyl sites for hydroxylation is 2. The van der Waals surface area contributed by atoms with E-state index < -0.39 is 0 Å². The summed E-state index contributed by atoms with van der Waals surface area (Å²) >= 11 is 0. The Hall–Kier alpha value is -1.31. The van der Waals surface area contributed by atoms with Gasteiger partial charge in [-0.05, 0) is 67.7 Å². The number of nitrogens with zero attached hydrogens (tertiary/aromatic N) is 1. The maximum absolute atomic E-state index is 9.12. The van der Waals surface area contributed by atoms with Crippen LogP contribution in [-0.2, 0) is 6.42 Å². The summed E-state index contributed by atoms with van der Waals surface area (Å²) in [6.07, 6.45) is 4.57. The fourth-order valence-corrected chi connectivity index (χ4v) is 3.51. The van der Waals surface area contributed by atoms with Gasteiger partial charge in [0.2, 0.25) is 0 Å². The Morgan fingerprint density at radius 1 is 1.19 bits per heavy atom. The van der Waals surface area contributed by atoms with Crippen molar-refractivity contribution in [3.8, 4) is 0 Å². The van der Waals surface area contributed by atoms with Crippen molar-refractivity contribution in [2.45, 2.75) is 45.4 Å². The van der Waals surface area contributed by atoms with Crippen molar-refractivity contribution in [3.63, 3.8) is 0 Å². The van der Waals surface area contributed by atoms with E-state index in [4.69, 9.17) is 5.21 Å². The molecule has 0 radical (unpaired) electrons. The number of benzene rings is 1. The van der Waals surface area contributed by atoms with Crippen molar-refractivity contribution in [3.05, 3.63) is 33.9 Å². The van der Waals surface area contributed by atoms with Crippen molar-refractivity contribution in [2.75, 3.05) is 0 Å². The summed E-state index contributed by atoms with van der Waals surface area (Å²) in [5.41, 5.74) is 7.85. The number of rotatable bonds is 0. The third-order valence-corrected chi connectivity index (χ3v) is 4.19. The predicted molar refractivity (Wildman–Crippen MR) is 64.5 cm³/mol. The Labute approximate surface area is 96.0 Å². The van der Waals surface area contributed by atoms with Crippen molar-refractivity contribution in [1.29, 1.82) is 0 Å². The Bertz CT molecular complexity index is 488. The number of hydrogen-bond donors (Lipinski definition) is 1. The van der Waals surface area contributed by atoms with Crippen LogP contribution < -0.4 is 0 Å². The van der Waals surface area contributed by atoms with Crippen LogP contribution in [0.1, 0.15) is 53.0 Å². The van der Waals surface area contributed by atoms with Crippen LogP contribution in [0.5, 0.6) is 0 Å². The molecule has 1 aromatic rings. The van der Waals surface area contributed by atoms with Crippen LogP contribution in [0.3, 0.4) is 0 Å². The molecular weight excluding hydrogens is 198 g/mol. The molecule has 3 rings (SSSR count). The maximum atomic E-state index is 9.12. The lowest BCUT2D eigenvalue weighted by molar-refractivity contribution is 0.317. The zero-order chi connectivity index (χ0) is 11.3. The fourth-order valence-electron chi connectivity index (χ4n) is 3.51. The lowest BCUT2D eigenvalue weighted by Gasteiger charge is -2.25. The number of hydrogen-bond acceptors (Lipinski definition) is 2. The second-order valence-corrected chi connectivity index (χ2v) is 5.10. The van der Waals surface area contributed by atoms with E-state index in [1.54, 1.807) is 0 Å². The predicted octanol–water partition coefficient (Wildman–Crippen LogP) is 3.31. The van der Waals surface area contributed by atoms with E-state index in [9.17, 15) is 0 Å². The van der Waals surface area contributed by atoms with Gasteiger partial charge in [-0.3, -0.25) is 0 Å². The lowest BCUT2D eigenvalue weighted by atomic mass is 9.80. The van der Waals surface area contributed by atoms with Gasteiger partial charge in [0.05, 0.1) is 5.71 Å². The molecule has 0 heterocycles. The van der Waals surface area contributed by atoms with Gasteiger partial charge in [-0.15, -0.1) is 0 Å². The van der Waals surface area contributed by atoms with Gasteiger partial charge in [0.1, 0.15) is 0 Å². The van der Waals surface area contributed by atoms with E-state index in [1.807, 2.05) is 0 Å². The van der Waals surface area contributed by atoms with Crippen molar-refractivity contribution in [1.82, 2.24) is 0 Å². The fraction of sp³-hybridized carbons (Fsp3) is 0.500. The molecule has 1 unspecified atom stereocenters. The molecule has 0 saturated carbocycles. The monoisotopic (exact) mass is 215 g/mol. The van der Waals surface area contributed by atoms with Crippen molar-refractivity contribution in [2.24, 2.45) is 5.16 Å². The second-order valence-electron chi connectivity index (χ2n) is 5.10. The van der Waals surface area contributed by atoms with Crippen molar-refractivity contribution >= 4 is 5.71 Å². The van der Waals surface area contributed by atoms with Gasteiger partial charge in [-0.25, -0.2) is 0 Å². The highest BCUT2D eigenvalue weighted by atomic mass is 16.4. The average Bonchev–Trinajstić information content (AvgIpc) is 2.70. The first-order valence-electron chi connectivity index (χ1n) is 6.06. The molecule has 0 fully saturated rings. The molecule has 0 aromatic heterocycles. The molecule has 0 saturated heterocycles. The molecule has 2 aliphatic rings. The quantitative estimate of drug-likeness (QED) is 0.522. The third kappa shape index (κ3) is 1.16. The molecule has 0 bridgehead atoms. The van der Waals surface area contributed by atoms with E-state index in [-0.39, 0.29) is 0 Å². The van der Waals surface area contributed by atoms with Gasteiger partial charge in [-0.1, -0.05) is 11.2 Å².